The van der Waals surface area contributed by atoms with Crippen molar-refractivity contribution in [2.75, 3.05) is 26.4 Å². The van der Waals surface area contributed by atoms with Gasteiger partial charge in [-0.05, 0) is 46.3 Å². The number of rotatable bonds is 10. The molecular formula is C12H26O4SSi. The summed E-state index contributed by atoms with van der Waals surface area (Å²) in [6.07, 6.45) is 0.797. The van der Waals surface area contributed by atoms with E-state index in [0.29, 0.717) is 31.5 Å². The van der Waals surface area contributed by atoms with Crippen molar-refractivity contribution in [3.05, 3.63) is 0 Å². The smallest absolute Gasteiger partial charge is 0.487 e. The van der Waals surface area contributed by atoms with Crippen molar-refractivity contribution < 1.29 is 18.0 Å². The zero-order valence-corrected chi connectivity index (χ0v) is 14.0. The molecule has 0 saturated carbocycles. The van der Waals surface area contributed by atoms with Crippen LogP contribution in [0.15, 0.2) is 0 Å². The molecule has 0 heterocycles. The van der Waals surface area contributed by atoms with E-state index in [1.54, 1.807) is 0 Å². The topological polar surface area (TPSA) is 36.9 Å². The summed E-state index contributed by atoms with van der Waals surface area (Å²) >= 11 is 5.34. The molecule has 0 aromatic rings. The Kier molecular flexibility index (Phi) is 9.85. The highest BCUT2D eigenvalue weighted by atomic mass is 32.1. The normalized spacial score (nSPS) is 13.4. The molecule has 0 N–H and O–H groups in total. The molecule has 18 heavy (non-hydrogen) atoms. The third kappa shape index (κ3) is 4.93. The summed E-state index contributed by atoms with van der Waals surface area (Å²) in [5, 5.41) is 0.544. The van der Waals surface area contributed by atoms with Gasteiger partial charge < -0.3 is 18.0 Å². The third-order valence-corrected chi connectivity index (χ3v) is 6.65. The highest BCUT2D eigenvalue weighted by Crippen LogP contribution is 2.31. The predicted molar refractivity (Wildman–Crippen MR) is 78.9 cm³/mol. The first kappa shape index (κ1) is 18.0. The molecule has 0 aromatic heterocycles. The third-order valence-electron chi connectivity index (χ3n) is 2.44. The van der Waals surface area contributed by atoms with Crippen molar-refractivity contribution in [2.45, 2.75) is 46.6 Å². The first-order valence-corrected chi connectivity index (χ1v) is 8.91. The molecule has 0 aliphatic carbocycles. The van der Waals surface area contributed by atoms with Crippen LogP contribution in [0.3, 0.4) is 0 Å². The summed E-state index contributed by atoms with van der Waals surface area (Å²) in [6, 6.07) is 0. The lowest BCUT2D eigenvalue weighted by atomic mass is 10.3. The molecule has 0 fully saturated rings. The van der Waals surface area contributed by atoms with Crippen molar-refractivity contribution in [3.8, 4) is 0 Å². The first-order valence-electron chi connectivity index (χ1n) is 6.70. The van der Waals surface area contributed by atoms with Gasteiger partial charge in [0.15, 0.2) is 5.05 Å². The summed E-state index contributed by atoms with van der Waals surface area (Å²) in [5.74, 6) is 0. The highest BCUT2D eigenvalue weighted by molar-refractivity contribution is 7.80. The van der Waals surface area contributed by atoms with Gasteiger partial charge in [0.2, 0.25) is 0 Å². The average Bonchev–Trinajstić information content (AvgIpc) is 2.31. The Balaban J connectivity index is 5.11. The van der Waals surface area contributed by atoms with Crippen LogP contribution in [0.5, 0.6) is 0 Å². The molecule has 0 saturated heterocycles. The molecule has 108 valence electrons. The maximum absolute atomic E-state index is 5.86. The maximum atomic E-state index is 5.86. The molecule has 6 heteroatoms. The van der Waals surface area contributed by atoms with E-state index in [2.05, 4.69) is 6.92 Å². The molecule has 0 rings (SSSR count). The predicted octanol–water partition coefficient (Wildman–Crippen LogP) is 3.18. The van der Waals surface area contributed by atoms with E-state index in [-0.39, 0.29) is 5.54 Å². The second-order valence-corrected chi connectivity index (χ2v) is 6.79. The Morgan fingerprint density at radius 1 is 0.889 bits per heavy atom. The van der Waals surface area contributed by atoms with Crippen molar-refractivity contribution in [2.24, 2.45) is 0 Å². The van der Waals surface area contributed by atoms with E-state index in [1.807, 2.05) is 27.7 Å². The van der Waals surface area contributed by atoms with Crippen LogP contribution in [0.4, 0.5) is 0 Å². The van der Waals surface area contributed by atoms with E-state index in [1.165, 1.54) is 0 Å². The minimum Gasteiger partial charge on any atom is -0.487 e. The quantitative estimate of drug-likeness (QED) is 0.457. The summed E-state index contributed by atoms with van der Waals surface area (Å²) in [4.78, 5) is 0. The van der Waals surface area contributed by atoms with E-state index in [9.17, 15) is 0 Å². The largest absolute Gasteiger partial charge is 0.512 e. The van der Waals surface area contributed by atoms with Gasteiger partial charge in [-0.25, -0.2) is 0 Å². The molecule has 0 bridgehead atoms. The Hall–Kier alpha value is -0.0131. The molecule has 4 nitrogen and oxygen atoms in total. The Bertz CT molecular complexity index is 221. The van der Waals surface area contributed by atoms with Gasteiger partial charge in [0, 0.05) is 19.8 Å². The van der Waals surface area contributed by atoms with Crippen LogP contribution < -0.4 is 0 Å². The fourth-order valence-corrected chi connectivity index (χ4v) is 5.48. The molecule has 0 radical (unpaired) electrons. The standard InChI is InChI=1S/C12H26O4SSi/c1-6-11(12(17)13-7-2)18(14-8-3,15-9-4)16-10-5/h11H,6-10H2,1-5H3. The maximum Gasteiger partial charge on any atom is 0.512 e. The van der Waals surface area contributed by atoms with Gasteiger partial charge in [0.25, 0.3) is 0 Å². The molecule has 0 aliphatic heterocycles. The molecule has 0 amide bonds. The van der Waals surface area contributed by atoms with Crippen molar-refractivity contribution in [1.82, 2.24) is 0 Å². The monoisotopic (exact) mass is 294 g/mol. The van der Waals surface area contributed by atoms with Crippen LogP contribution in [0.2, 0.25) is 5.54 Å². The lowest BCUT2D eigenvalue weighted by molar-refractivity contribution is 0.0646. The molecular weight excluding hydrogens is 268 g/mol. The fourth-order valence-electron chi connectivity index (χ4n) is 1.83. The van der Waals surface area contributed by atoms with Crippen LogP contribution in [-0.2, 0) is 18.0 Å². The Morgan fingerprint density at radius 2 is 1.33 bits per heavy atom. The number of hydrogen-bond acceptors (Lipinski definition) is 5. The molecule has 0 spiro atoms. The molecule has 0 aliphatic rings. The van der Waals surface area contributed by atoms with Crippen molar-refractivity contribution in [3.63, 3.8) is 0 Å². The Labute approximate surface area is 117 Å². The minimum absolute atomic E-state index is 0.0766. The van der Waals surface area contributed by atoms with E-state index in [0.717, 1.165) is 6.42 Å². The summed E-state index contributed by atoms with van der Waals surface area (Å²) < 4.78 is 23.0. The van der Waals surface area contributed by atoms with E-state index >= 15 is 0 Å². The van der Waals surface area contributed by atoms with Gasteiger partial charge in [-0.1, -0.05) is 6.92 Å². The molecule has 0 aromatic carbocycles. The average molecular weight is 294 g/mol. The second kappa shape index (κ2) is 9.86. The van der Waals surface area contributed by atoms with Gasteiger partial charge >= 0.3 is 8.80 Å². The van der Waals surface area contributed by atoms with Crippen LogP contribution in [0.25, 0.3) is 0 Å². The van der Waals surface area contributed by atoms with Gasteiger partial charge in [0.1, 0.15) is 0 Å². The number of thiocarbonyl (C=S) groups is 1. The summed E-state index contributed by atoms with van der Waals surface area (Å²) in [7, 11) is -2.79. The lowest BCUT2D eigenvalue weighted by Crippen LogP contribution is -2.52. The second-order valence-electron chi connectivity index (χ2n) is 3.62. The summed E-state index contributed by atoms with van der Waals surface area (Å²) in [5.41, 5.74) is -0.0766. The van der Waals surface area contributed by atoms with Gasteiger partial charge in [-0.3, -0.25) is 0 Å². The van der Waals surface area contributed by atoms with Crippen LogP contribution in [0.1, 0.15) is 41.0 Å². The molecule has 1 atom stereocenters. The zero-order valence-electron chi connectivity index (χ0n) is 12.2. The van der Waals surface area contributed by atoms with Crippen LogP contribution in [0, 0.1) is 0 Å². The number of hydrogen-bond donors (Lipinski definition) is 0. The summed E-state index contributed by atoms with van der Waals surface area (Å²) in [6.45, 7) is 12.0. The first-order chi connectivity index (χ1) is 8.61. The highest BCUT2D eigenvalue weighted by Gasteiger charge is 2.51. The van der Waals surface area contributed by atoms with E-state index < -0.39 is 8.80 Å². The van der Waals surface area contributed by atoms with Crippen LogP contribution >= 0.6 is 12.2 Å². The van der Waals surface area contributed by atoms with E-state index in [4.69, 9.17) is 30.2 Å². The Morgan fingerprint density at radius 3 is 1.61 bits per heavy atom. The zero-order chi connectivity index (χ0) is 14.0. The SMILES string of the molecule is CCOC(=S)C(CC)[Si](OCC)(OCC)OCC. The van der Waals surface area contributed by atoms with Crippen molar-refractivity contribution in [1.29, 1.82) is 0 Å². The van der Waals surface area contributed by atoms with Crippen LogP contribution in [-0.4, -0.2) is 40.3 Å². The van der Waals surface area contributed by atoms with Gasteiger partial charge in [-0.2, -0.15) is 0 Å². The number of ether oxygens (including phenoxy) is 1. The molecule has 1 unspecified atom stereocenters. The minimum atomic E-state index is -2.79. The van der Waals surface area contributed by atoms with Gasteiger partial charge in [-0.15, -0.1) is 0 Å². The fraction of sp³-hybridized carbons (Fsp3) is 0.917. The van der Waals surface area contributed by atoms with Gasteiger partial charge in [0.05, 0.1) is 12.1 Å². The lowest BCUT2D eigenvalue weighted by Gasteiger charge is -2.34. The van der Waals surface area contributed by atoms with Crippen molar-refractivity contribution >= 4 is 26.1 Å².